The molecule has 4 heteroatoms. The molecular weight excluding hydrogens is 398 g/mol. The lowest BCUT2D eigenvalue weighted by atomic mass is 10.0. The van der Waals surface area contributed by atoms with Crippen LogP contribution in [0.5, 0.6) is 0 Å². The van der Waals surface area contributed by atoms with Crippen LogP contribution in [0.15, 0.2) is 88.9 Å². The van der Waals surface area contributed by atoms with Crippen molar-refractivity contribution in [2.24, 2.45) is 0 Å². The first-order valence-corrected chi connectivity index (χ1v) is 10.7. The van der Waals surface area contributed by atoms with E-state index in [2.05, 4.69) is 4.57 Å². The quantitative estimate of drug-likeness (QED) is 0.247. The fourth-order valence-electron chi connectivity index (χ4n) is 4.57. The van der Waals surface area contributed by atoms with Gasteiger partial charge in [0.1, 0.15) is 5.76 Å². The molecule has 2 heterocycles. The Morgan fingerprint density at radius 1 is 0.812 bits per heavy atom. The number of ketones is 2. The van der Waals surface area contributed by atoms with Crippen LogP contribution >= 0.6 is 0 Å². The maximum atomic E-state index is 13.1. The number of hydrogen-bond donors (Lipinski definition) is 0. The molecule has 1 aliphatic rings. The number of allylic oxidation sites excluding steroid dienone is 1. The van der Waals surface area contributed by atoms with E-state index in [1.54, 1.807) is 6.08 Å². The van der Waals surface area contributed by atoms with Gasteiger partial charge < -0.3 is 8.98 Å². The van der Waals surface area contributed by atoms with Gasteiger partial charge in [-0.1, -0.05) is 54.6 Å². The fraction of sp³-hybridized carbons (Fsp3) is 0.0714. The second-order valence-electron chi connectivity index (χ2n) is 8.00. The first kappa shape index (κ1) is 18.6. The molecule has 32 heavy (non-hydrogen) atoms. The minimum atomic E-state index is -0.221. The molecule has 0 spiro atoms. The van der Waals surface area contributed by atoms with Crippen LogP contribution in [0.2, 0.25) is 0 Å². The average Bonchev–Trinajstić information content (AvgIpc) is 3.45. The molecule has 0 radical (unpaired) electrons. The Labute approximate surface area is 184 Å². The van der Waals surface area contributed by atoms with E-state index in [0.29, 0.717) is 17.7 Å². The van der Waals surface area contributed by atoms with E-state index in [-0.39, 0.29) is 17.1 Å². The Bertz CT molecular complexity index is 1530. The lowest BCUT2D eigenvalue weighted by molar-refractivity contribution is 0.0990. The van der Waals surface area contributed by atoms with Crippen molar-refractivity contribution in [1.82, 2.24) is 4.57 Å². The summed E-state index contributed by atoms with van der Waals surface area (Å²) in [4.78, 5) is 26.3. The highest BCUT2D eigenvalue weighted by Crippen LogP contribution is 2.34. The number of rotatable bonds is 3. The minimum Gasteiger partial charge on any atom is -0.454 e. The highest BCUT2D eigenvalue weighted by molar-refractivity contribution is 6.42. The number of fused-ring (bicyclic) bond motifs is 3. The first-order chi connectivity index (χ1) is 15.6. The summed E-state index contributed by atoms with van der Waals surface area (Å²) < 4.78 is 8.16. The molecule has 0 unspecified atom stereocenters. The molecule has 0 aliphatic heterocycles. The van der Waals surface area contributed by atoms with E-state index in [4.69, 9.17) is 4.42 Å². The van der Waals surface area contributed by atoms with Crippen molar-refractivity contribution in [1.29, 1.82) is 0 Å². The van der Waals surface area contributed by atoms with E-state index in [9.17, 15) is 9.59 Å². The standard InChI is InChI=1S/C28H19NO3/c1-2-29-20(15-26-24(29)16-25(32-26)17-8-4-3-5-9-17)14-23-27(30)21-12-18-10-6-7-11-19(18)13-22(21)28(23)31/h3-16H,2H2,1H3. The number of hydrogen-bond acceptors (Lipinski definition) is 3. The predicted octanol–water partition coefficient (Wildman–Crippen LogP) is 6.54. The monoisotopic (exact) mass is 417 g/mol. The van der Waals surface area contributed by atoms with Gasteiger partial charge in [-0.05, 0) is 35.9 Å². The highest BCUT2D eigenvalue weighted by Gasteiger charge is 2.33. The Morgan fingerprint density at radius 3 is 2.06 bits per heavy atom. The van der Waals surface area contributed by atoms with Crippen LogP contribution in [-0.2, 0) is 6.54 Å². The van der Waals surface area contributed by atoms with Crippen LogP contribution in [0.4, 0.5) is 0 Å². The minimum absolute atomic E-state index is 0.202. The average molecular weight is 417 g/mol. The topological polar surface area (TPSA) is 52.2 Å². The Kier molecular flexibility index (Phi) is 4.02. The summed E-state index contributed by atoms with van der Waals surface area (Å²) in [6.45, 7) is 2.73. The Hall–Kier alpha value is -4.18. The summed E-state index contributed by atoms with van der Waals surface area (Å²) >= 11 is 0. The maximum absolute atomic E-state index is 13.1. The van der Waals surface area contributed by atoms with Crippen molar-refractivity contribution in [2.75, 3.05) is 0 Å². The molecule has 0 bridgehead atoms. The summed E-state index contributed by atoms with van der Waals surface area (Å²) in [5.74, 6) is 0.353. The van der Waals surface area contributed by atoms with Crippen molar-refractivity contribution >= 4 is 39.5 Å². The Balaban J connectivity index is 1.45. The fourth-order valence-corrected chi connectivity index (χ4v) is 4.57. The molecule has 0 saturated carbocycles. The summed E-state index contributed by atoms with van der Waals surface area (Å²) in [7, 11) is 0. The molecule has 5 aromatic rings. The van der Waals surface area contributed by atoms with Crippen molar-refractivity contribution in [3.05, 3.63) is 101 Å². The molecule has 6 rings (SSSR count). The third-order valence-electron chi connectivity index (χ3n) is 6.15. The highest BCUT2D eigenvalue weighted by atomic mass is 16.3. The first-order valence-electron chi connectivity index (χ1n) is 10.7. The van der Waals surface area contributed by atoms with E-state index in [0.717, 1.165) is 38.9 Å². The van der Waals surface area contributed by atoms with Gasteiger partial charge in [-0.15, -0.1) is 0 Å². The van der Waals surface area contributed by atoms with Crippen molar-refractivity contribution in [2.45, 2.75) is 13.5 Å². The van der Waals surface area contributed by atoms with Crippen LogP contribution in [0.1, 0.15) is 33.3 Å². The van der Waals surface area contributed by atoms with Gasteiger partial charge in [-0.2, -0.15) is 0 Å². The molecule has 0 amide bonds. The third kappa shape index (κ3) is 2.70. The van der Waals surface area contributed by atoms with Gasteiger partial charge in [0.15, 0.2) is 17.1 Å². The van der Waals surface area contributed by atoms with Gasteiger partial charge >= 0.3 is 0 Å². The number of furan rings is 1. The van der Waals surface area contributed by atoms with Gasteiger partial charge in [0, 0.05) is 41.1 Å². The van der Waals surface area contributed by atoms with E-state index in [1.807, 2.05) is 85.8 Å². The van der Waals surface area contributed by atoms with E-state index >= 15 is 0 Å². The summed E-state index contributed by atoms with van der Waals surface area (Å²) in [6.07, 6.45) is 1.70. The summed E-state index contributed by atoms with van der Waals surface area (Å²) in [5.41, 5.74) is 4.63. The lowest BCUT2D eigenvalue weighted by Gasteiger charge is -2.04. The molecule has 4 nitrogen and oxygen atoms in total. The van der Waals surface area contributed by atoms with Crippen LogP contribution < -0.4 is 0 Å². The number of aryl methyl sites for hydroxylation is 1. The molecule has 1 aliphatic carbocycles. The van der Waals surface area contributed by atoms with Gasteiger partial charge in [-0.25, -0.2) is 0 Å². The largest absolute Gasteiger partial charge is 0.454 e. The molecule has 0 atom stereocenters. The lowest BCUT2D eigenvalue weighted by Crippen LogP contribution is -2.03. The number of aromatic nitrogens is 1. The molecule has 2 aromatic heterocycles. The summed E-state index contributed by atoms with van der Waals surface area (Å²) in [5, 5.41) is 1.91. The number of carbonyl (C=O) groups excluding carboxylic acids is 2. The number of benzene rings is 3. The van der Waals surface area contributed by atoms with Gasteiger partial charge in [0.25, 0.3) is 0 Å². The SMILES string of the molecule is CCn1c(C=C2C(=O)c3cc4ccccc4cc3C2=O)cc2oc(-c3ccccc3)cc21. The van der Waals surface area contributed by atoms with Gasteiger partial charge in [0.2, 0.25) is 0 Å². The van der Waals surface area contributed by atoms with Gasteiger partial charge in [-0.3, -0.25) is 9.59 Å². The second kappa shape index (κ2) is 6.92. The molecule has 0 fully saturated rings. The maximum Gasteiger partial charge on any atom is 0.197 e. The van der Waals surface area contributed by atoms with Crippen LogP contribution in [0.3, 0.4) is 0 Å². The van der Waals surface area contributed by atoms with Crippen molar-refractivity contribution in [3.8, 4) is 11.3 Å². The van der Waals surface area contributed by atoms with E-state index < -0.39 is 0 Å². The van der Waals surface area contributed by atoms with E-state index in [1.165, 1.54) is 0 Å². The Morgan fingerprint density at radius 2 is 1.44 bits per heavy atom. The molecular formula is C28H19NO3. The van der Waals surface area contributed by atoms with Crippen LogP contribution in [-0.4, -0.2) is 16.1 Å². The van der Waals surface area contributed by atoms with Crippen molar-refractivity contribution < 1.29 is 14.0 Å². The molecule has 154 valence electrons. The zero-order valence-corrected chi connectivity index (χ0v) is 17.5. The summed E-state index contributed by atoms with van der Waals surface area (Å²) in [6, 6.07) is 25.3. The third-order valence-corrected chi connectivity index (χ3v) is 6.15. The predicted molar refractivity (Wildman–Crippen MR) is 126 cm³/mol. The van der Waals surface area contributed by atoms with Gasteiger partial charge in [0.05, 0.1) is 11.1 Å². The van der Waals surface area contributed by atoms with Crippen LogP contribution in [0, 0.1) is 0 Å². The molecule has 0 saturated heterocycles. The number of carbonyl (C=O) groups is 2. The van der Waals surface area contributed by atoms with Crippen LogP contribution in [0.25, 0.3) is 39.3 Å². The van der Waals surface area contributed by atoms with Crippen molar-refractivity contribution in [3.63, 3.8) is 0 Å². The molecule has 0 N–H and O–H groups in total. The normalized spacial score (nSPS) is 13.3. The number of Topliss-reactive ketones (excluding diaryl/α,β-unsaturated/α-hetero) is 2. The zero-order valence-electron chi connectivity index (χ0n) is 17.5. The molecule has 3 aromatic carbocycles. The smallest absolute Gasteiger partial charge is 0.197 e. The number of nitrogens with zero attached hydrogens (tertiary/aromatic N) is 1. The zero-order chi connectivity index (χ0) is 21.8. The second-order valence-corrected chi connectivity index (χ2v) is 8.00.